The lowest BCUT2D eigenvalue weighted by Gasteiger charge is -2.16. The quantitative estimate of drug-likeness (QED) is 0.430. The van der Waals surface area contributed by atoms with Gasteiger partial charge >= 0.3 is 9.05 Å². The number of hydrogen-bond donors (Lipinski definition) is 4. The Hall–Kier alpha value is -2.16. The molecule has 21 heavy (non-hydrogen) atoms. The fourth-order valence-electron chi connectivity index (χ4n) is 2.05. The predicted octanol–water partition coefficient (Wildman–Crippen LogP) is -0.147. The lowest BCUT2D eigenvalue weighted by molar-refractivity contribution is 0.0979. The van der Waals surface area contributed by atoms with E-state index in [0.717, 1.165) is 0 Å². The van der Waals surface area contributed by atoms with Gasteiger partial charge in [0.25, 0.3) is 0 Å². The van der Waals surface area contributed by atoms with Gasteiger partial charge in [0.2, 0.25) is 0 Å². The van der Waals surface area contributed by atoms with Crippen molar-refractivity contribution in [3.05, 3.63) is 70.8 Å². The third-order valence-corrected chi connectivity index (χ3v) is 2.83. The number of ketones is 2. The number of fused-ring (bicyclic) bond motifs is 2. The molecule has 2 aromatic rings. The minimum atomic E-state index is -4.61. The van der Waals surface area contributed by atoms with Crippen molar-refractivity contribution >= 4 is 20.6 Å². The van der Waals surface area contributed by atoms with E-state index in [2.05, 4.69) is 0 Å². The normalized spacial score (nSPS) is 13.0. The molecule has 0 amide bonds. The zero-order valence-corrected chi connectivity index (χ0v) is 11.7. The highest BCUT2D eigenvalue weighted by atomic mass is 28.4. The highest BCUT2D eigenvalue weighted by Gasteiger charge is 2.28. The van der Waals surface area contributed by atoms with Gasteiger partial charge in [0.1, 0.15) is 0 Å². The summed E-state index contributed by atoms with van der Waals surface area (Å²) in [6, 6.07) is 13.9. The van der Waals surface area contributed by atoms with Crippen molar-refractivity contribution in [2.45, 2.75) is 0 Å². The van der Waals surface area contributed by atoms with E-state index < -0.39 is 9.05 Å². The molecule has 0 fully saturated rings. The third kappa shape index (κ3) is 3.48. The van der Waals surface area contributed by atoms with E-state index in [1.165, 1.54) is 0 Å². The topological polar surface area (TPSA) is 115 Å². The van der Waals surface area contributed by atoms with Crippen molar-refractivity contribution in [3.63, 3.8) is 0 Å². The van der Waals surface area contributed by atoms with Gasteiger partial charge in [-0.3, -0.25) is 9.59 Å². The summed E-state index contributed by atoms with van der Waals surface area (Å²) in [7, 11) is -4.61. The molecule has 1 aliphatic rings. The molecule has 2 aromatic carbocycles. The molecule has 0 saturated heterocycles. The molecule has 0 bridgehead atoms. The highest BCUT2D eigenvalue weighted by molar-refractivity contribution is 6.46. The zero-order chi connectivity index (χ0) is 15.6. The summed E-state index contributed by atoms with van der Waals surface area (Å²) in [5.41, 5.74) is 2.02. The molecular formula is C14H12O6Si. The van der Waals surface area contributed by atoms with Crippen molar-refractivity contribution in [1.29, 1.82) is 0 Å². The van der Waals surface area contributed by atoms with Gasteiger partial charge in [-0.15, -0.1) is 0 Å². The van der Waals surface area contributed by atoms with Crippen LogP contribution in [0.1, 0.15) is 31.8 Å². The van der Waals surface area contributed by atoms with Gasteiger partial charge in [0, 0.05) is 22.3 Å². The van der Waals surface area contributed by atoms with Crippen LogP contribution in [0.15, 0.2) is 48.5 Å². The summed E-state index contributed by atoms with van der Waals surface area (Å²) in [4.78, 5) is 53.5. The molecule has 0 heterocycles. The lowest BCUT2D eigenvalue weighted by atomic mass is 9.84. The van der Waals surface area contributed by atoms with Gasteiger partial charge in [0.15, 0.2) is 11.6 Å². The van der Waals surface area contributed by atoms with E-state index in [1.807, 2.05) is 0 Å². The average molecular weight is 304 g/mol. The van der Waals surface area contributed by atoms with E-state index in [4.69, 9.17) is 19.2 Å². The van der Waals surface area contributed by atoms with Crippen LogP contribution in [0.3, 0.4) is 0 Å². The molecule has 0 aliphatic heterocycles. The molecule has 0 spiro atoms. The van der Waals surface area contributed by atoms with Crippen LogP contribution in [0.25, 0.3) is 0 Å². The van der Waals surface area contributed by atoms with Crippen LogP contribution in [-0.4, -0.2) is 39.8 Å². The molecule has 3 rings (SSSR count). The van der Waals surface area contributed by atoms with Gasteiger partial charge in [0.05, 0.1) is 0 Å². The van der Waals surface area contributed by atoms with Crippen molar-refractivity contribution in [2.24, 2.45) is 0 Å². The zero-order valence-electron chi connectivity index (χ0n) is 10.7. The molecule has 0 aromatic heterocycles. The first-order valence-electron chi connectivity index (χ1n) is 5.96. The Labute approximate surface area is 121 Å². The molecule has 4 N–H and O–H groups in total. The van der Waals surface area contributed by atoms with Crippen LogP contribution in [0.2, 0.25) is 0 Å². The Bertz CT molecular complexity index is 593. The maximum atomic E-state index is 12.1. The SMILES string of the molecule is O=C1c2ccccc2C(=O)c2ccccc21.O[Si](O)(O)O. The lowest BCUT2D eigenvalue weighted by Crippen LogP contribution is -2.33. The summed E-state index contributed by atoms with van der Waals surface area (Å²) < 4.78 is 0. The highest BCUT2D eigenvalue weighted by Crippen LogP contribution is 2.26. The summed E-state index contributed by atoms with van der Waals surface area (Å²) in [6.07, 6.45) is 0. The first-order valence-corrected chi connectivity index (χ1v) is 7.75. The van der Waals surface area contributed by atoms with E-state index in [9.17, 15) is 9.59 Å². The van der Waals surface area contributed by atoms with Gasteiger partial charge in [-0.05, 0) is 0 Å². The van der Waals surface area contributed by atoms with Crippen molar-refractivity contribution in [2.75, 3.05) is 0 Å². The molecule has 6 nitrogen and oxygen atoms in total. The summed E-state index contributed by atoms with van der Waals surface area (Å²) in [5, 5.41) is 0. The van der Waals surface area contributed by atoms with Crippen LogP contribution in [0.5, 0.6) is 0 Å². The molecule has 0 radical (unpaired) electrons. The van der Waals surface area contributed by atoms with E-state index >= 15 is 0 Å². The number of hydrogen-bond acceptors (Lipinski definition) is 6. The smallest absolute Gasteiger partial charge is 0.368 e. The Kier molecular flexibility index (Phi) is 4.12. The molecule has 108 valence electrons. The summed E-state index contributed by atoms with van der Waals surface area (Å²) in [6.45, 7) is 0. The monoisotopic (exact) mass is 304 g/mol. The van der Waals surface area contributed by atoms with Crippen molar-refractivity contribution in [3.8, 4) is 0 Å². The van der Waals surface area contributed by atoms with Crippen LogP contribution >= 0.6 is 0 Å². The first-order chi connectivity index (χ1) is 9.79. The average Bonchev–Trinajstić information content (AvgIpc) is 2.43. The van der Waals surface area contributed by atoms with Gasteiger partial charge in [-0.2, -0.15) is 0 Å². The fraction of sp³-hybridized carbons (Fsp3) is 0. The van der Waals surface area contributed by atoms with Crippen LogP contribution in [-0.2, 0) is 0 Å². The number of rotatable bonds is 0. The second-order valence-corrected chi connectivity index (χ2v) is 5.55. The van der Waals surface area contributed by atoms with Crippen LogP contribution in [0, 0.1) is 0 Å². The standard InChI is InChI=1S/C14H8O2.H4O4Si/c15-13-9-5-1-2-6-10(9)14(16)12-8-4-3-7-11(12)13;1-5(2,3)4/h1-8H;1-4H. The Morgan fingerprint density at radius 2 is 0.762 bits per heavy atom. The van der Waals surface area contributed by atoms with E-state index in [-0.39, 0.29) is 11.6 Å². The van der Waals surface area contributed by atoms with Gasteiger partial charge < -0.3 is 19.2 Å². The fourth-order valence-corrected chi connectivity index (χ4v) is 2.05. The van der Waals surface area contributed by atoms with Crippen LogP contribution < -0.4 is 0 Å². The van der Waals surface area contributed by atoms with Crippen molar-refractivity contribution < 1.29 is 28.8 Å². The van der Waals surface area contributed by atoms with Crippen molar-refractivity contribution in [1.82, 2.24) is 0 Å². The third-order valence-electron chi connectivity index (χ3n) is 2.83. The Balaban J connectivity index is 0.000000282. The molecule has 1 aliphatic carbocycles. The Morgan fingerprint density at radius 3 is 0.952 bits per heavy atom. The Morgan fingerprint density at radius 1 is 0.571 bits per heavy atom. The second kappa shape index (κ2) is 5.68. The molecule has 0 atom stereocenters. The predicted molar refractivity (Wildman–Crippen MR) is 74.4 cm³/mol. The maximum Gasteiger partial charge on any atom is 0.668 e. The molecular weight excluding hydrogens is 292 g/mol. The summed E-state index contributed by atoms with van der Waals surface area (Å²) >= 11 is 0. The van der Waals surface area contributed by atoms with Crippen LogP contribution in [0.4, 0.5) is 0 Å². The number of carbonyl (C=O) groups is 2. The second-order valence-electron chi connectivity index (χ2n) is 4.35. The minimum absolute atomic E-state index is 0.0641. The molecule has 0 unspecified atom stereocenters. The van der Waals surface area contributed by atoms with E-state index in [0.29, 0.717) is 22.3 Å². The largest absolute Gasteiger partial charge is 0.668 e. The maximum absolute atomic E-state index is 12.1. The number of benzene rings is 2. The van der Waals surface area contributed by atoms with Gasteiger partial charge in [-0.25, -0.2) is 0 Å². The molecule has 7 heteroatoms. The molecule has 0 saturated carbocycles. The first kappa shape index (κ1) is 15.2. The number of carbonyl (C=O) groups excluding carboxylic acids is 2. The summed E-state index contributed by atoms with van der Waals surface area (Å²) in [5.74, 6) is -0.128. The van der Waals surface area contributed by atoms with Gasteiger partial charge in [-0.1, -0.05) is 48.5 Å². The van der Waals surface area contributed by atoms with E-state index in [1.54, 1.807) is 48.5 Å². The minimum Gasteiger partial charge on any atom is -0.368 e.